The number of Topliss-reactive ketones (excluding diaryl/α,β-unsaturated/α-hetero) is 1. The molecule has 0 saturated heterocycles. The first-order valence-corrected chi connectivity index (χ1v) is 9.82. The minimum absolute atomic E-state index is 0.00899. The fourth-order valence-electron chi connectivity index (χ4n) is 2.81. The molecule has 28 heavy (non-hydrogen) atoms. The molecule has 1 N–H and O–H groups in total. The Kier molecular flexibility index (Phi) is 5.67. The van der Waals surface area contributed by atoms with Gasteiger partial charge in [-0.1, -0.05) is 30.3 Å². The van der Waals surface area contributed by atoms with Crippen LogP contribution < -0.4 is 0 Å². The van der Waals surface area contributed by atoms with Crippen LogP contribution in [0.25, 0.3) is 0 Å². The molecule has 3 aromatic rings. The highest BCUT2D eigenvalue weighted by Gasteiger charge is 2.21. The maximum Gasteiger partial charge on any atom is 0.206 e. The van der Waals surface area contributed by atoms with Crippen molar-refractivity contribution in [3.05, 3.63) is 95.1 Å². The SMILES string of the molecule is O=C(Cc1ccc(S(=O)(=O)c2ccccc2CO)cc1)c1ccc(F)cc1F. The monoisotopic (exact) mass is 402 g/mol. The standard InChI is InChI=1S/C21H16F2O4S/c22-16-7-10-18(19(23)12-16)20(25)11-14-5-8-17(9-6-14)28(26,27)21-4-2-1-3-15(21)13-24/h1-10,12,24H,11,13H2. The number of rotatable bonds is 6. The third kappa shape index (κ3) is 4.00. The topological polar surface area (TPSA) is 71.4 Å². The number of carbonyl (C=O) groups is 1. The zero-order chi connectivity index (χ0) is 20.3. The van der Waals surface area contributed by atoms with Crippen LogP contribution in [-0.2, 0) is 22.9 Å². The lowest BCUT2D eigenvalue weighted by Gasteiger charge is -2.09. The summed E-state index contributed by atoms with van der Waals surface area (Å²) in [4.78, 5) is 12.2. The van der Waals surface area contributed by atoms with Crippen LogP contribution in [0, 0.1) is 11.6 Å². The Bertz CT molecular complexity index is 1120. The van der Waals surface area contributed by atoms with Crippen molar-refractivity contribution in [3.8, 4) is 0 Å². The van der Waals surface area contributed by atoms with Crippen molar-refractivity contribution in [2.75, 3.05) is 0 Å². The van der Waals surface area contributed by atoms with E-state index in [4.69, 9.17) is 0 Å². The molecule has 0 radical (unpaired) electrons. The highest BCUT2D eigenvalue weighted by molar-refractivity contribution is 7.91. The highest BCUT2D eigenvalue weighted by Crippen LogP contribution is 2.25. The van der Waals surface area contributed by atoms with Crippen LogP contribution in [0.2, 0.25) is 0 Å². The highest BCUT2D eigenvalue weighted by atomic mass is 32.2. The van der Waals surface area contributed by atoms with Crippen LogP contribution in [0.3, 0.4) is 0 Å². The van der Waals surface area contributed by atoms with E-state index in [1.807, 2.05) is 0 Å². The summed E-state index contributed by atoms with van der Waals surface area (Å²) in [6.45, 7) is -0.411. The van der Waals surface area contributed by atoms with Gasteiger partial charge in [-0.2, -0.15) is 0 Å². The van der Waals surface area contributed by atoms with Crippen molar-refractivity contribution in [1.82, 2.24) is 0 Å². The Morgan fingerprint density at radius 3 is 2.25 bits per heavy atom. The van der Waals surface area contributed by atoms with E-state index in [2.05, 4.69) is 0 Å². The molecule has 0 fully saturated rings. The van der Waals surface area contributed by atoms with Gasteiger partial charge in [0.25, 0.3) is 0 Å². The molecule has 0 aromatic heterocycles. The number of hydrogen-bond donors (Lipinski definition) is 1. The lowest BCUT2D eigenvalue weighted by atomic mass is 10.0. The summed E-state index contributed by atoms with van der Waals surface area (Å²) < 4.78 is 52.3. The number of carbonyl (C=O) groups excluding carboxylic acids is 1. The normalized spacial score (nSPS) is 11.4. The number of benzene rings is 3. The first kappa shape index (κ1) is 19.9. The second-order valence-electron chi connectivity index (χ2n) is 6.14. The van der Waals surface area contributed by atoms with Gasteiger partial charge in [0, 0.05) is 12.5 Å². The van der Waals surface area contributed by atoms with Crippen LogP contribution in [-0.4, -0.2) is 19.3 Å². The fourth-order valence-corrected chi connectivity index (χ4v) is 4.29. The van der Waals surface area contributed by atoms with E-state index in [1.54, 1.807) is 12.1 Å². The molecular formula is C21H16F2O4S. The van der Waals surface area contributed by atoms with Crippen molar-refractivity contribution in [3.63, 3.8) is 0 Å². The maximum atomic E-state index is 13.7. The van der Waals surface area contributed by atoms with Crippen molar-refractivity contribution in [1.29, 1.82) is 0 Å². The van der Waals surface area contributed by atoms with Crippen molar-refractivity contribution >= 4 is 15.6 Å². The molecular weight excluding hydrogens is 386 g/mol. The Morgan fingerprint density at radius 2 is 1.61 bits per heavy atom. The van der Waals surface area contributed by atoms with Gasteiger partial charge in [0.05, 0.1) is 22.0 Å². The molecule has 0 unspecified atom stereocenters. The fraction of sp³-hybridized carbons (Fsp3) is 0.0952. The van der Waals surface area contributed by atoms with E-state index in [1.165, 1.54) is 36.4 Å². The average Bonchev–Trinajstić information content (AvgIpc) is 2.68. The molecule has 0 bridgehead atoms. The number of aliphatic hydroxyl groups is 1. The summed E-state index contributed by atoms with van der Waals surface area (Å²) in [5.41, 5.74) is 0.548. The van der Waals surface area contributed by atoms with Gasteiger partial charge in [-0.15, -0.1) is 0 Å². The Morgan fingerprint density at radius 1 is 0.929 bits per heavy atom. The summed E-state index contributed by atoms with van der Waals surface area (Å²) in [5, 5.41) is 9.36. The minimum Gasteiger partial charge on any atom is -0.392 e. The molecule has 0 spiro atoms. The quantitative estimate of drug-likeness (QED) is 0.638. The maximum absolute atomic E-state index is 13.7. The molecule has 0 saturated carbocycles. The largest absolute Gasteiger partial charge is 0.392 e. The van der Waals surface area contributed by atoms with E-state index >= 15 is 0 Å². The summed E-state index contributed by atoms with van der Waals surface area (Å²) in [6.07, 6.45) is -0.157. The zero-order valence-corrected chi connectivity index (χ0v) is 15.4. The molecule has 0 aliphatic rings. The predicted molar refractivity (Wildman–Crippen MR) is 98.7 cm³/mol. The summed E-state index contributed by atoms with van der Waals surface area (Å²) in [5.74, 6) is -2.25. The Balaban J connectivity index is 1.84. The molecule has 3 aromatic carbocycles. The second-order valence-corrected chi connectivity index (χ2v) is 8.06. The van der Waals surface area contributed by atoms with Crippen LogP contribution in [0.15, 0.2) is 76.5 Å². The van der Waals surface area contributed by atoms with Crippen LogP contribution in [0.1, 0.15) is 21.5 Å². The zero-order valence-electron chi connectivity index (χ0n) is 14.6. The first-order chi connectivity index (χ1) is 13.3. The Labute approximate surface area is 161 Å². The third-order valence-corrected chi connectivity index (χ3v) is 6.13. The van der Waals surface area contributed by atoms with Crippen molar-refractivity contribution in [2.45, 2.75) is 22.8 Å². The third-order valence-electron chi connectivity index (χ3n) is 4.26. The molecule has 3 rings (SSSR count). The van der Waals surface area contributed by atoms with E-state index in [0.717, 1.165) is 12.1 Å². The predicted octanol–water partition coefficient (Wildman–Crippen LogP) is 3.72. The summed E-state index contributed by atoms with van der Waals surface area (Å²) in [6, 6.07) is 14.5. The Hall–Kier alpha value is -2.90. The van der Waals surface area contributed by atoms with Gasteiger partial charge in [0.15, 0.2) is 5.78 Å². The smallest absolute Gasteiger partial charge is 0.206 e. The minimum atomic E-state index is -3.84. The van der Waals surface area contributed by atoms with Gasteiger partial charge in [-0.25, -0.2) is 17.2 Å². The second kappa shape index (κ2) is 8.00. The van der Waals surface area contributed by atoms with Gasteiger partial charge in [0.1, 0.15) is 11.6 Å². The van der Waals surface area contributed by atoms with Gasteiger partial charge in [0.2, 0.25) is 9.84 Å². The van der Waals surface area contributed by atoms with Crippen LogP contribution >= 0.6 is 0 Å². The van der Waals surface area contributed by atoms with E-state index in [0.29, 0.717) is 11.6 Å². The van der Waals surface area contributed by atoms with E-state index in [9.17, 15) is 27.1 Å². The molecule has 0 aliphatic heterocycles. The number of sulfone groups is 1. The van der Waals surface area contributed by atoms with E-state index in [-0.39, 0.29) is 27.3 Å². The number of aliphatic hydroxyl groups excluding tert-OH is 1. The first-order valence-electron chi connectivity index (χ1n) is 8.34. The van der Waals surface area contributed by atoms with Crippen molar-refractivity contribution in [2.24, 2.45) is 0 Å². The lowest BCUT2D eigenvalue weighted by Crippen LogP contribution is -2.08. The molecule has 144 valence electrons. The van der Waals surface area contributed by atoms with Gasteiger partial charge in [-0.05, 0) is 41.5 Å². The molecule has 0 heterocycles. The average molecular weight is 402 g/mol. The molecule has 0 aliphatic carbocycles. The molecule has 0 amide bonds. The van der Waals surface area contributed by atoms with Crippen molar-refractivity contribution < 1.29 is 27.1 Å². The van der Waals surface area contributed by atoms with Crippen LogP contribution in [0.5, 0.6) is 0 Å². The summed E-state index contributed by atoms with van der Waals surface area (Å²) >= 11 is 0. The number of halogens is 2. The van der Waals surface area contributed by atoms with Gasteiger partial charge < -0.3 is 5.11 Å². The van der Waals surface area contributed by atoms with Gasteiger partial charge >= 0.3 is 0 Å². The van der Waals surface area contributed by atoms with E-state index < -0.39 is 33.9 Å². The number of ketones is 1. The molecule has 0 atom stereocenters. The summed E-state index contributed by atoms with van der Waals surface area (Å²) in [7, 11) is -3.84. The number of hydrogen-bond acceptors (Lipinski definition) is 4. The lowest BCUT2D eigenvalue weighted by molar-refractivity contribution is 0.0989. The molecule has 4 nitrogen and oxygen atoms in total. The molecule has 7 heteroatoms. The van der Waals surface area contributed by atoms with Crippen LogP contribution in [0.4, 0.5) is 8.78 Å². The van der Waals surface area contributed by atoms with Gasteiger partial charge in [-0.3, -0.25) is 4.79 Å².